The van der Waals surface area contributed by atoms with E-state index in [0.717, 1.165) is 11.6 Å². The molecule has 0 unspecified atom stereocenters. The highest BCUT2D eigenvalue weighted by atomic mass is 19.4. The van der Waals surface area contributed by atoms with Crippen LogP contribution in [0.4, 0.5) is 13.2 Å². The Hall–Kier alpha value is -1.85. The van der Waals surface area contributed by atoms with E-state index in [0.29, 0.717) is 13.1 Å². The number of carbonyl (C=O) groups is 1. The summed E-state index contributed by atoms with van der Waals surface area (Å²) in [5, 5.41) is 0. The monoisotopic (exact) mass is 286 g/mol. The van der Waals surface area contributed by atoms with Crippen LogP contribution in [0.3, 0.4) is 0 Å². The summed E-state index contributed by atoms with van der Waals surface area (Å²) in [6.07, 6.45) is -4.51. The molecule has 0 atom stereocenters. The summed E-state index contributed by atoms with van der Waals surface area (Å²) in [6.45, 7) is 9.54. The highest BCUT2D eigenvalue weighted by Gasteiger charge is 2.33. The number of amides is 1. The average molecular weight is 286 g/mol. The minimum Gasteiger partial charge on any atom is -0.335 e. The van der Waals surface area contributed by atoms with Crippen LogP contribution < -0.4 is 0 Å². The van der Waals surface area contributed by atoms with Gasteiger partial charge in [0.1, 0.15) is 5.69 Å². The quantitative estimate of drug-likeness (QED) is 0.794. The van der Waals surface area contributed by atoms with Gasteiger partial charge >= 0.3 is 6.18 Å². The number of carbonyl (C=O) groups excluding carboxylic acids is 1. The Morgan fingerprint density at radius 1 is 1.40 bits per heavy atom. The second-order valence-corrected chi connectivity index (χ2v) is 4.60. The van der Waals surface area contributed by atoms with Crippen LogP contribution in [0.15, 0.2) is 24.3 Å². The lowest BCUT2D eigenvalue weighted by molar-refractivity contribution is -0.141. The smallest absolute Gasteiger partial charge is 0.335 e. The van der Waals surface area contributed by atoms with Crippen LogP contribution in [-0.2, 0) is 6.18 Å². The predicted octanol–water partition coefficient (Wildman–Crippen LogP) is 3.45. The van der Waals surface area contributed by atoms with E-state index in [9.17, 15) is 18.0 Å². The third-order valence-corrected chi connectivity index (χ3v) is 2.74. The summed E-state index contributed by atoms with van der Waals surface area (Å²) < 4.78 is 37.6. The lowest BCUT2D eigenvalue weighted by Gasteiger charge is -2.22. The van der Waals surface area contributed by atoms with Crippen LogP contribution in [0.1, 0.15) is 35.6 Å². The first-order valence-electron chi connectivity index (χ1n) is 6.15. The van der Waals surface area contributed by atoms with Crippen molar-refractivity contribution in [1.82, 2.24) is 9.88 Å². The van der Waals surface area contributed by atoms with Crippen molar-refractivity contribution in [2.45, 2.75) is 26.9 Å². The maximum Gasteiger partial charge on any atom is 0.433 e. The van der Waals surface area contributed by atoms with Crippen molar-refractivity contribution < 1.29 is 18.0 Å². The standard InChI is InChI=1S/C14H17F3N2O/c1-5-19(8-9(2)3)13(20)11-6-7-12(14(15,16)17)18-10(11)4/h6-7H,2,5,8H2,1,3-4H3. The Morgan fingerprint density at radius 2 is 2.00 bits per heavy atom. The zero-order chi connectivity index (χ0) is 15.5. The zero-order valence-electron chi connectivity index (χ0n) is 11.7. The molecular weight excluding hydrogens is 269 g/mol. The van der Waals surface area contributed by atoms with Crippen molar-refractivity contribution in [2.24, 2.45) is 0 Å². The molecule has 0 aromatic carbocycles. The molecule has 20 heavy (non-hydrogen) atoms. The van der Waals surface area contributed by atoms with Gasteiger partial charge in [0.2, 0.25) is 0 Å². The van der Waals surface area contributed by atoms with Crippen LogP contribution >= 0.6 is 0 Å². The minimum atomic E-state index is -4.51. The molecule has 6 heteroatoms. The van der Waals surface area contributed by atoms with E-state index in [-0.39, 0.29) is 17.2 Å². The van der Waals surface area contributed by atoms with Gasteiger partial charge in [-0.15, -0.1) is 0 Å². The Bertz CT molecular complexity index is 524. The van der Waals surface area contributed by atoms with Crippen molar-refractivity contribution in [3.63, 3.8) is 0 Å². The number of aryl methyl sites for hydroxylation is 1. The molecule has 0 saturated heterocycles. The van der Waals surface area contributed by atoms with Crippen molar-refractivity contribution in [1.29, 1.82) is 0 Å². The lowest BCUT2D eigenvalue weighted by atomic mass is 10.1. The van der Waals surface area contributed by atoms with Gasteiger partial charge in [-0.1, -0.05) is 12.2 Å². The molecule has 3 nitrogen and oxygen atoms in total. The molecule has 0 saturated carbocycles. The molecule has 0 radical (unpaired) electrons. The first kappa shape index (κ1) is 16.2. The van der Waals surface area contributed by atoms with Crippen molar-refractivity contribution in [2.75, 3.05) is 13.1 Å². The van der Waals surface area contributed by atoms with Crippen molar-refractivity contribution >= 4 is 5.91 Å². The van der Waals surface area contributed by atoms with Crippen molar-refractivity contribution in [3.05, 3.63) is 41.2 Å². The highest BCUT2D eigenvalue weighted by molar-refractivity contribution is 5.95. The molecule has 0 aliphatic rings. The number of aromatic nitrogens is 1. The minimum absolute atomic E-state index is 0.0741. The van der Waals surface area contributed by atoms with E-state index in [2.05, 4.69) is 11.6 Å². The molecule has 1 rings (SSSR count). The van der Waals surface area contributed by atoms with E-state index in [1.807, 2.05) is 0 Å². The van der Waals surface area contributed by atoms with Crippen LogP contribution in [-0.4, -0.2) is 28.9 Å². The van der Waals surface area contributed by atoms with E-state index in [4.69, 9.17) is 0 Å². The Kier molecular flexibility index (Phi) is 4.92. The molecule has 0 N–H and O–H groups in total. The summed E-state index contributed by atoms with van der Waals surface area (Å²) in [6, 6.07) is 2.00. The van der Waals surface area contributed by atoms with Gasteiger partial charge < -0.3 is 4.90 Å². The van der Waals surface area contributed by atoms with Gasteiger partial charge in [0.15, 0.2) is 0 Å². The Balaban J connectivity index is 3.08. The van der Waals surface area contributed by atoms with Crippen LogP contribution in [0, 0.1) is 6.92 Å². The number of alkyl halides is 3. The van der Waals surface area contributed by atoms with Gasteiger partial charge in [0.05, 0.1) is 11.3 Å². The Labute approximate surface area is 116 Å². The van der Waals surface area contributed by atoms with Gasteiger partial charge in [-0.3, -0.25) is 4.79 Å². The fourth-order valence-electron chi connectivity index (χ4n) is 1.77. The highest BCUT2D eigenvalue weighted by Crippen LogP contribution is 2.28. The first-order valence-corrected chi connectivity index (χ1v) is 6.15. The largest absolute Gasteiger partial charge is 0.433 e. The molecule has 110 valence electrons. The number of hydrogen-bond acceptors (Lipinski definition) is 2. The molecular formula is C14H17F3N2O. The SMILES string of the molecule is C=C(C)CN(CC)C(=O)c1ccc(C(F)(F)F)nc1C. The average Bonchev–Trinajstić information content (AvgIpc) is 2.33. The van der Waals surface area contributed by atoms with Gasteiger partial charge in [-0.2, -0.15) is 13.2 Å². The summed E-state index contributed by atoms with van der Waals surface area (Å²) >= 11 is 0. The number of hydrogen-bond donors (Lipinski definition) is 0. The number of rotatable bonds is 4. The molecule has 0 bridgehead atoms. The fraction of sp³-hybridized carbons (Fsp3) is 0.429. The number of pyridine rings is 1. The van der Waals surface area contributed by atoms with Gasteiger partial charge in [-0.05, 0) is 32.9 Å². The number of halogens is 3. The summed E-state index contributed by atoms with van der Waals surface area (Å²) in [5.41, 5.74) is 0.0679. The molecule has 1 aromatic rings. The maximum absolute atomic E-state index is 12.5. The number of likely N-dealkylation sites (N-methyl/N-ethyl adjacent to an activating group) is 1. The molecule has 1 heterocycles. The van der Waals surface area contributed by atoms with Crippen LogP contribution in [0.5, 0.6) is 0 Å². The van der Waals surface area contributed by atoms with E-state index in [1.54, 1.807) is 13.8 Å². The molecule has 1 aromatic heterocycles. The molecule has 0 spiro atoms. The number of nitrogens with zero attached hydrogens (tertiary/aromatic N) is 2. The molecule has 0 aliphatic heterocycles. The van der Waals surface area contributed by atoms with Gasteiger partial charge in [0.25, 0.3) is 5.91 Å². The third-order valence-electron chi connectivity index (χ3n) is 2.74. The van der Waals surface area contributed by atoms with Gasteiger partial charge in [-0.25, -0.2) is 4.98 Å². The topological polar surface area (TPSA) is 33.2 Å². The van der Waals surface area contributed by atoms with Crippen molar-refractivity contribution in [3.8, 4) is 0 Å². The second kappa shape index (κ2) is 6.07. The summed E-state index contributed by atoms with van der Waals surface area (Å²) in [5.74, 6) is -0.339. The lowest BCUT2D eigenvalue weighted by Crippen LogP contribution is -2.33. The van der Waals surface area contributed by atoms with E-state index in [1.165, 1.54) is 17.9 Å². The summed E-state index contributed by atoms with van der Waals surface area (Å²) in [4.78, 5) is 17.2. The van der Waals surface area contributed by atoms with Crippen LogP contribution in [0.25, 0.3) is 0 Å². The third kappa shape index (κ3) is 3.82. The first-order chi connectivity index (χ1) is 9.16. The molecule has 0 fully saturated rings. The molecule has 1 amide bonds. The normalized spacial score (nSPS) is 11.3. The van der Waals surface area contributed by atoms with E-state index < -0.39 is 11.9 Å². The van der Waals surface area contributed by atoms with Gasteiger partial charge in [0, 0.05) is 13.1 Å². The zero-order valence-corrected chi connectivity index (χ0v) is 11.7. The predicted molar refractivity (Wildman–Crippen MR) is 70.4 cm³/mol. The Morgan fingerprint density at radius 3 is 2.40 bits per heavy atom. The second-order valence-electron chi connectivity index (χ2n) is 4.60. The van der Waals surface area contributed by atoms with E-state index >= 15 is 0 Å². The maximum atomic E-state index is 12.5. The molecule has 0 aliphatic carbocycles. The van der Waals surface area contributed by atoms with Crippen LogP contribution in [0.2, 0.25) is 0 Å². The fourth-order valence-corrected chi connectivity index (χ4v) is 1.77. The summed E-state index contributed by atoms with van der Waals surface area (Å²) in [7, 11) is 0.